The normalized spacial score (nSPS) is 10.8. The minimum absolute atomic E-state index is 0.563. The summed E-state index contributed by atoms with van der Waals surface area (Å²) in [6, 6.07) is 15.8. The predicted molar refractivity (Wildman–Crippen MR) is 115 cm³/mol. The first-order valence-corrected chi connectivity index (χ1v) is 9.42. The fraction of sp³-hybridized carbons (Fsp3) is 0.174. The molecule has 0 unspecified atom stereocenters. The van der Waals surface area contributed by atoms with Crippen LogP contribution in [0.2, 0.25) is 0 Å². The van der Waals surface area contributed by atoms with Gasteiger partial charge in [0.25, 0.3) is 0 Å². The third-order valence-electron chi connectivity index (χ3n) is 5.02. The molecule has 2 heterocycles. The highest BCUT2D eigenvalue weighted by Gasteiger charge is 2.12. The number of aryl methyl sites for hydroxylation is 2. The van der Waals surface area contributed by atoms with Gasteiger partial charge in [0.05, 0.1) is 24.2 Å². The largest absolute Gasteiger partial charge is 0.497 e. The SMILES string of the molecule is COc1ccc(-n2cc(-c3ccnc(Nc4cccc(C)c4C)n3)c(C)n2)cc1. The van der Waals surface area contributed by atoms with Crippen LogP contribution in [0.4, 0.5) is 11.6 Å². The number of nitrogens with zero attached hydrogens (tertiary/aromatic N) is 4. The lowest BCUT2D eigenvalue weighted by molar-refractivity contribution is 0.414. The number of hydrogen-bond acceptors (Lipinski definition) is 5. The number of hydrogen-bond donors (Lipinski definition) is 1. The van der Waals surface area contributed by atoms with Gasteiger partial charge < -0.3 is 10.1 Å². The van der Waals surface area contributed by atoms with Crippen LogP contribution < -0.4 is 10.1 Å². The number of methoxy groups -OCH3 is 1. The molecule has 0 spiro atoms. The van der Waals surface area contributed by atoms with Gasteiger partial charge in [-0.3, -0.25) is 0 Å². The molecule has 0 amide bonds. The first kappa shape index (κ1) is 18.7. The Morgan fingerprint density at radius 3 is 2.52 bits per heavy atom. The second kappa shape index (κ2) is 7.75. The maximum Gasteiger partial charge on any atom is 0.227 e. The summed E-state index contributed by atoms with van der Waals surface area (Å²) < 4.78 is 7.08. The average molecular weight is 385 g/mol. The van der Waals surface area contributed by atoms with E-state index >= 15 is 0 Å². The summed E-state index contributed by atoms with van der Waals surface area (Å²) in [5.74, 6) is 1.38. The number of ether oxygens (including phenoxy) is 1. The Labute approximate surface area is 170 Å². The first-order valence-electron chi connectivity index (χ1n) is 9.42. The topological polar surface area (TPSA) is 64.9 Å². The maximum atomic E-state index is 5.23. The quantitative estimate of drug-likeness (QED) is 0.523. The van der Waals surface area contributed by atoms with E-state index in [0.29, 0.717) is 5.95 Å². The van der Waals surface area contributed by atoms with Crippen molar-refractivity contribution in [3.05, 3.63) is 77.7 Å². The van der Waals surface area contributed by atoms with Crippen molar-refractivity contribution in [3.63, 3.8) is 0 Å². The number of nitrogens with one attached hydrogen (secondary N) is 1. The van der Waals surface area contributed by atoms with Crippen LogP contribution in [-0.4, -0.2) is 26.9 Å². The summed E-state index contributed by atoms with van der Waals surface area (Å²) in [4.78, 5) is 9.09. The Hall–Kier alpha value is -3.67. The molecule has 29 heavy (non-hydrogen) atoms. The summed E-state index contributed by atoms with van der Waals surface area (Å²) in [6.45, 7) is 6.16. The Balaban J connectivity index is 1.64. The zero-order chi connectivity index (χ0) is 20.4. The summed E-state index contributed by atoms with van der Waals surface area (Å²) in [5.41, 5.74) is 7.07. The molecule has 146 valence electrons. The Morgan fingerprint density at radius 2 is 1.76 bits per heavy atom. The molecule has 4 rings (SSSR count). The van der Waals surface area contributed by atoms with E-state index in [9.17, 15) is 0 Å². The molecular formula is C23H23N5O. The third-order valence-corrected chi connectivity index (χ3v) is 5.02. The van der Waals surface area contributed by atoms with Gasteiger partial charge in [-0.15, -0.1) is 0 Å². The summed E-state index contributed by atoms with van der Waals surface area (Å²) in [6.07, 6.45) is 3.75. The van der Waals surface area contributed by atoms with E-state index in [2.05, 4.69) is 35.3 Å². The van der Waals surface area contributed by atoms with Crippen LogP contribution in [0.5, 0.6) is 5.75 Å². The number of benzene rings is 2. The molecule has 0 saturated carbocycles. The molecule has 2 aromatic carbocycles. The number of rotatable bonds is 5. The lowest BCUT2D eigenvalue weighted by Crippen LogP contribution is -2.00. The first-order chi connectivity index (χ1) is 14.0. The lowest BCUT2D eigenvalue weighted by Gasteiger charge is -2.10. The van der Waals surface area contributed by atoms with E-state index in [4.69, 9.17) is 9.72 Å². The van der Waals surface area contributed by atoms with E-state index in [1.54, 1.807) is 13.3 Å². The molecule has 0 bridgehead atoms. The van der Waals surface area contributed by atoms with Crippen molar-refractivity contribution in [1.29, 1.82) is 0 Å². The van der Waals surface area contributed by atoms with E-state index < -0.39 is 0 Å². The minimum atomic E-state index is 0.563. The molecule has 0 radical (unpaired) electrons. The van der Waals surface area contributed by atoms with Crippen LogP contribution in [0.15, 0.2) is 60.9 Å². The fourth-order valence-corrected chi connectivity index (χ4v) is 3.15. The Kier molecular flexibility index (Phi) is 4.99. The third kappa shape index (κ3) is 3.82. The highest BCUT2D eigenvalue weighted by Crippen LogP contribution is 2.25. The van der Waals surface area contributed by atoms with Gasteiger partial charge in [-0.2, -0.15) is 5.10 Å². The standard InChI is InChI=1S/C23H23N5O/c1-15-6-5-7-21(16(15)2)25-23-24-13-12-22(26-23)20-14-28(27-17(20)3)18-8-10-19(29-4)11-9-18/h5-14H,1-4H3,(H,24,25,26). The molecule has 0 saturated heterocycles. The van der Waals surface area contributed by atoms with E-state index in [1.165, 1.54) is 11.1 Å². The van der Waals surface area contributed by atoms with Crippen molar-refractivity contribution in [3.8, 4) is 22.7 Å². The summed E-state index contributed by atoms with van der Waals surface area (Å²) in [5, 5.41) is 7.98. The lowest BCUT2D eigenvalue weighted by atomic mass is 10.1. The number of aromatic nitrogens is 4. The monoisotopic (exact) mass is 385 g/mol. The maximum absolute atomic E-state index is 5.23. The molecule has 2 aromatic heterocycles. The van der Waals surface area contributed by atoms with Gasteiger partial charge in [0.1, 0.15) is 5.75 Å². The van der Waals surface area contributed by atoms with E-state index in [-0.39, 0.29) is 0 Å². The minimum Gasteiger partial charge on any atom is -0.497 e. The van der Waals surface area contributed by atoms with Crippen molar-refractivity contribution in [2.24, 2.45) is 0 Å². The van der Waals surface area contributed by atoms with Crippen LogP contribution in [0, 0.1) is 20.8 Å². The van der Waals surface area contributed by atoms with Crippen LogP contribution in [0.25, 0.3) is 16.9 Å². The Bertz CT molecular complexity index is 1150. The molecular weight excluding hydrogens is 362 g/mol. The molecule has 0 aliphatic rings. The zero-order valence-corrected chi connectivity index (χ0v) is 17.0. The second-order valence-corrected chi connectivity index (χ2v) is 6.91. The van der Waals surface area contributed by atoms with Gasteiger partial charge in [0.15, 0.2) is 0 Å². The molecule has 6 nitrogen and oxygen atoms in total. The molecule has 0 aliphatic heterocycles. The van der Waals surface area contributed by atoms with Crippen molar-refractivity contribution in [2.75, 3.05) is 12.4 Å². The zero-order valence-electron chi connectivity index (χ0n) is 17.0. The van der Waals surface area contributed by atoms with Gasteiger partial charge in [-0.25, -0.2) is 14.6 Å². The second-order valence-electron chi connectivity index (χ2n) is 6.91. The van der Waals surface area contributed by atoms with Gasteiger partial charge in [-0.1, -0.05) is 12.1 Å². The summed E-state index contributed by atoms with van der Waals surface area (Å²) >= 11 is 0. The van der Waals surface area contributed by atoms with Crippen molar-refractivity contribution in [2.45, 2.75) is 20.8 Å². The van der Waals surface area contributed by atoms with Crippen LogP contribution in [-0.2, 0) is 0 Å². The average Bonchev–Trinajstić information content (AvgIpc) is 3.13. The number of anilines is 2. The molecule has 1 N–H and O–H groups in total. The van der Waals surface area contributed by atoms with Gasteiger partial charge in [0.2, 0.25) is 5.95 Å². The van der Waals surface area contributed by atoms with Crippen molar-refractivity contribution in [1.82, 2.24) is 19.7 Å². The van der Waals surface area contributed by atoms with Gasteiger partial charge in [0, 0.05) is 23.6 Å². The highest BCUT2D eigenvalue weighted by atomic mass is 16.5. The molecule has 4 aromatic rings. The van der Waals surface area contributed by atoms with Crippen LogP contribution in [0.3, 0.4) is 0 Å². The predicted octanol–water partition coefficient (Wildman–Crippen LogP) is 5.01. The molecule has 0 aliphatic carbocycles. The molecule has 0 atom stereocenters. The molecule has 0 fully saturated rings. The van der Waals surface area contributed by atoms with Gasteiger partial charge in [-0.05, 0) is 68.3 Å². The van der Waals surface area contributed by atoms with E-state index in [0.717, 1.165) is 34.1 Å². The highest BCUT2D eigenvalue weighted by molar-refractivity contribution is 5.65. The smallest absolute Gasteiger partial charge is 0.227 e. The van der Waals surface area contributed by atoms with E-state index in [1.807, 2.05) is 60.3 Å². The Morgan fingerprint density at radius 1 is 0.966 bits per heavy atom. The summed E-state index contributed by atoms with van der Waals surface area (Å²) in [7, 11) is 1.66. The molecule has 6 heteroatoms. The van der Waals surface area contributed by atoms with Gasteiger partial charge >= 0.3 is 0 Å². The van der Waals surface area contributed by atoms with Crippen molar-refractivity contribution >= 4 is 11.6 Å². The van der Waals surface area contributed by atoms with Crippen LogP contribution >= 0.6 is 0 Å². The fourth-order valence-electron chi connectivity index (χ4n) is 3.15. The van der Waals surface area contributed by atoms with Crippen LogP contribution in [0.1, 0.15) is 16.8 Å². The van der Waals surface area contributed by atoms with Crippen molar-refractivity contribution < 1.29 is 4.74 Å².